The van der Waals surface area contributed by atoms with Gasteiger partial charge < -0.3 is 9.80 Å². The molecule has 0 unspecified atom stereocenters. The van der Waals surface area contributed by atoms with Crippen molar-refractivity contribution in [2.45, 2.75) is 32.1 Å². The predicted molar refractivity (Wildman–Crippen MR) is 61.1 cm³/mol. The first-order chi connectivity index (χ1) is 7.75. The van der Waals surface area contributed by atoms with Crippen LogP contribution in [-0.2, 0) is 9.59 Å². The van der Waals surface area contributed by atoms with Gasteiger partial charge in [-0.25, -0.2) is 0 Å². The van der Waals surface area contributed by atoms with Gasteiger partial charge in [-0.05, 0) is 45.3 Å². The van der Waals surface area contributed by atoms with Crippen LogP contribution in [0.2, 0.25) is 0 Å². The molecule has 0 radical (unpaired) electrons. The van der Waals surface area contributed by atoms with Crippen LogP contribution in [0, 0.1) is 0 Å². The molecule has 0 atom stereocenters. The van der Waals surface area contributed by atoms with Gasteiger partial charge in [-0.2, -0.15) is 0 Å². The number of ketones is 1. The first kappa shape index (κ1) is 11.6. The smallest absolute Gasteiger partial charge is 0.230 e. The van der Waals surface area contributed by atoms with E-state index in [4.69, 9.17) is 0 Å². The molecule has 0 N–H and O–H groups in total. The molecule has 4 heteroatoms. The standard InChI is InChI=1S/C12H20N2O2/c15-11-9-12(16)14(10-11)8-4-3-7-13-5-1-2-6-13/h1-10H2. The van der Waals surface area contributed by atoms with Gasteiger partial charge in [0, 0.05) is 6.54 Å². The number of hydrogen-bond acceptors (Lipinski definition) is 3. The first-order valence-corrected chi connectivity index (χ1v) is 6.27. The number of unbranched alkanes of at least 4 members (excludes halogenated alkanes) is 1. The number of Topliss-reactive ketones (excluding diaryl/α,β-unsaturated/α-hetero) is 1. The molecule has 2 rings (SSSR count). The molecule has 90 valence electrons. The molecule has 0 aliphatic carbocycles. The van der Waals surface area contributed by atoms with Crippen LogP contribution in [0.5, 0.6) is 0 Å². The van der Waals surface area contributed by atoms with E-state index in [1.54, 1.807) is 4.90 Å². The lowest BCUT2D eigenvalue weighted by Crippen LogP contribution is -2.27. The van der Waals surface area contributed by atoms with Crippen molar-refractivity contribution in [2.24, 2.45) is 0 Å². The molecule has 0 aromatic rings. The molecular formula is C12H20N2O2. The summed E-state index contributed by atoms with van der Waals surface area (Å²) >= 11 is 0. The first-order valence-electron chi connectivity index (χ1n) is 6.27. The topological polar surface area (TPSA) is 40.6 Å². The Morgan fingerprint density at radius 2 is 1.69 bits per heavy atom. The molecule has 0 aromatic heterocycles. The molecule has 0 bridgehead atoms. The van der Waals surface area contributed by atoms with Gasteiger partial charge in [0.15, 0.2) is 5.78 Å². The molecule has 2 aliphatic heterocycles. The summed E-state index contributed by atoms with van der Waals surface area (Å²) in [4.78, 5) is 26.5. The van der Waals surface area contributed by atoms with Gasteiger partial charge in [-0.3, -0.25) is 9.59 Å². The van der Waals surface area contributed by atoms with Crippen molar-refractivity contribution < 1.29 is 9.59 Å². The van der Waals surface area contributed by atoms with E-state index in [0.717, 1.165) is 25.9 Å². The fourth-order valence-electron chi connectivity index (χ4n) is 2.49. The van der Waals surface area contributed by atoms with E-state index in [0.29, 0.717) is 6.54 Å². The summed E-state index contributed by atoms with van der Waals surface area (Å²) < 4.78 is 0. The Kier molecular flexibility index (Phi) is 3.93. The number of amides is 1. The Morgan fingerprint density at radius 1 is 1.00 bits per heavy atom. The number of carbonyl (C=O) groups excluding carboxylic acids is 2. The molecule has 2 fully saturated rings. The van der Waals surface area contributed by atoms with Crippen LogP contribution in [0.1, 0.15) is 32.1 Å². The highest BCUT2D eigenvalue weighted by Gasteiger charge is 2.26. The number of hydrogen-bond donors (Lipinski definition) is 0. The summed E-state index contributed by atoms with van der Waals surface area (Å²) in [6, 6.07) is 0. The Bertz CT molecular complexity index is 272. The van der Waals surface area contributed by atoms with Gasteiger partial charge >= 0.3 is 0 Å². The number of carbonyl (C=O) groups is 2. The molecule has 16 heavy (non-hydrogen) atoms. The largest absolute Gasteiger partial charge is 0.335 e. The summed E-state index contributed by atoms with van der Waals surface area (Å²) in [5, 5.41) is 0. The van der Waals surface area contributed by atoms with Crippen molar-refractivity contribution in [3.05, 3.63) is 0 Å². The average Bonchev–Trinajstić information content (AvgIpc) is 2.84. The van der Waals surface area contributed by atoms with Crippen LogP contribution in [0.25, 0.3) is 0 Å². The van der Waals surface area contributed by atoms with Gasteiger partial charge in [0.05, 0.1) is 13.0 Å². The lowest BCUT2D eigenvalue weighted by Gasteiger charge is -2.17. The van der Waals surface area contributed by atoms with Gasteiger partial charge in [0.2, 0.25) is 5.91 Å². The maximum Gasteiger partial charge on any atom is 0.230 e. The highest BCUT2D eigenvalue weighted by atomic mass is 16.2. The van der Waals surface area contributed by atoms with E-state index in [1.807, 2.05) is 0 Å². The Labute approximate surface area is 96.6 Å². The van der Waals surface area contributed by atoms with Crippen molar-refractivity contribution in [3.63, 3.8) is 0 Å². The zero-order chi connectivity index (χ0) is 11.4. The lowest BCUT2D eigenvalue weighted by atomic mass is 10.3. The quantitative estimate of drug-likeness (QED) is 0.509. The van der Waals surface area contributed by atoms with Crippen LogP contribution in [0.3, 0.4) is 0 Å². The van der Waals surface area contributed by atoms with Crippen LogP contribution in [0.15, 0.2) is 0 Å². The van der Waals surface area contributed by atoms with Crippen molar-refractivity contribution in [1.29, 1.82) is 0 Å². The summed E-state index contributed by atoms with van der Waals surface area (Å²) in [6.07, 6.45) is 4.96. The fourth-order valence-corrected chi connectivity index (χ4v) is 2.49. The highest BCUT2D eigenvalue weighted by molar-refractivity contribution is 6.05. The molecule has 2 saturated heterocycles. The monoisotopic (exact) mass is 224 g/mol. The van der Waals surface area contributed by atoms with Crippen LogP contribution >= 0.6 is 0 Å². The van der Waals surface area contributed by atoms with Crippen LogP contribution in [-0.4, -0.2) is 54.2 Å². The van der Waals surface area contributed by atoms with Gasteiger partial charge in [0.1, 0.15) is 0 Å². The van der Waals surface area contributed by atoms with Gasteiger partial charge in [-0.15, -0.1) is 0 Å². The SMILES string of the molecule is O=C1CC(=O)N(CCCCN2CCCC2)C1. The minimum atomic E-state index is 0.0196. The van der Waals surface area contributed by atoms with Crippen molar-refractivity contribution in [2.75, 3.05) is 32.7 Å². The Balaban J connectivity index is 1.57. The zero-order valence-corrected chi connectivity index (χ0v) is 9.78. The van der Waals surface area contributed by atoms with Crippen molar-refractivity contribution in [1.82, 2.24) is 9.80 Å². The summed E-state index contributed by atoms with van der Waals surface area (Å²) in [5.41, 5.74) is 0. The van der Waals surface area contributed by atoms with Gasteiger partial charge in [0.25, 0.3) is 0 Å². The van der Waals surface area contributed by atoms with Gasteiger partial charge in [-0.1, -0.05) is 0 Å². The summed E-state index contributed by atoms with van der Waals surface area (Å²) in [6.45, 7) is 4.74. The fraction of sp³-hybridized carbons (Fsp3) is 0.833. The lowest BCUT2D eigenvalue weighted by molar-refractivity contribution is -0.127. The number of rotatable bonds is 5. The third kappa shape index (κ3) is 3.04. The summed E-state index contributed by atoms with van der Waals surface area (Å²) in [5.74, 6) is 0.0933. The van der Waals surface area contributed by atoms with E-state index in [2.05, 4.69) is 4.90 Å². The van der Waals surface area contributed by atoms with E-state index in [1.165, 1.54) is 25.9 Å². The second-order valence-electron chi connectivity index (χ2n) is 4.79. The predicted octanol–water partition coefficient (Wildman–Crippen LogP) is 0.664. The molecular weight excluding hydrogens is 204 g/mol. The molecule has 0 spiro atoms. The van der Waals surface area contributed by atoms with Crippen LogP contribution < -0.4 is 0 Å². The highest BCUT2D eigenvalue weighted by Crippen LogP contribution is 2.10. The molecule has 4 nitrogen and oxygen atoms in total. The second kappa shape index (κ2) is 5.43. The summed E-state index contributed by atoms with van der Waals surface area (Å²) in [7, 11) is 0. The van der Waals surface area contributed by atoms with E-state index in [9.17, 15) is 9.59 Å². The molecule has 2 aliphatic rings. The van der Waals surface area contributed by atoms with E-state index < -0.39 is 0 Å². The van der Waals surface area contributed by atoms with Crippen molar-refractivity contribution in [3.8, 4) is 0 Å². The van der Waals surface area contributed by atoms with Crippen LogP contribution in [0.4, 0.5) is 0 Å². The zero-order valence-electron chi connectivity index (χ0n) is 9.78. The third-order valence-corrected chi connectivity index (χ3v) is 3.42. The number of likely N-dealkylation sites (tertiary alicyclic amines) is 2. The van der Waals surface area contributed by atoms with E-state index >= 15 is 0 Å². The molecule has 1 amide bonds. The minimum absolute atomic E-state index is 0.0196. The number of nitrogens with zero attached hydrogens (tertiary/aromatic N) is 2. The average molecular weight is 224 g/mol. The maximum absolute atomic E-state index is 11.3. The third-order valence-electron chi connectivity index (χ3n) is 3.42. The molecule has 0 aromatic carbocycles. The second-order valence-corrected chi connectivity index (χ2v) is 4.79. The normalized spacial score (nSPS) is 22.4. The maximum atomic E-state index is 11.3. The molecule has 2 heterocycles. The Hall–Kier alpha value is -0.900. The molecule has 0 saturated carbocycles. The van der Waals surface area contributed by atoms with E-state index in [-0.39, 0.29) is 18.1 Å². The minimum Gasteiger partial charge on any atom is -0.335 e. The Morgan fingerprint density at radius 3 is 2.31 bits per heavy atom. The van der Waals surface area contributed by atoms with Crippen molar-refractivity contribution >= 4 is 11.7 Å².